The van der Waals surface area contributed by atoms with Gasteiger partial charge in [0, 0.05) is 0 Å². The summed E-state index contributed by atoms with van der Waals surface area (Å²) in [5, 5.41) is 12.6. The van der Waals surface area contributed by atoms with Gasteiger partial charge in [0.25, 0.3) is 0 Å². The van der Waals surface area contributed by atoms with Gasteiger partial charge in [-0.2, -0.15) is 5.10 Å². The molecule has 0 heterocycles. The van der Waals surface area contributed by atoms with Crippen molar-refractivity contribution in [1.82, 2.24) is 0 Å². The van der Waals surface area contributed by atoms with E-state index in [0.717, 1.165) is 11.3 Å². The molecule has 0 saturated heterocycles. The molecule has 0 unspecified atom stereocenters. The molecule has 3 rings (SSSR count). The van der Waals surface area contributed by atoms with E-state index in [-0.39, 0.29) is 18.4 Å². The SMILES string of the molecule is CC(=NN=C(N)N)c1ccc2c(ccc3ccccc32)c1.Cl. The molecule has 0 spiro atoms. The third kappa shape index (κ3) is 3.02. The molecule has 4 nitrogen and oxygen atoms in total. The first-order valence-corrected chi connectivity index (χ1v) is 6.70. The summed E-state index contributed by atoms with van der Waals surface area (Å²) in [5.74, 6) is -0.0406. The molecule has 0 atom stereocenters. The fraction of sp³-hybridized carbons (Fsp3) is 0.0588. The maximum Gasteiger partial charge on any atom is 0.211 e. The molecule has 0 aliphatic carbocycles. The van der Waals surface area contributed by atoms with Crippen LogP contribution >= 0.6 is 12.4 Å². The molecule has 0 fully saturated rings. The molecule has 0 amide bonds. The number of rotatable bonds is 2. The molecule has 0 bridgehead atoms. The lowest BCUT2D eigenvalue weighted by molar-refractivity contribution is 1.20. The van der Waals surface area contributed by atoms with Gasteiger partial charge < -0.3 is 11.5 Å². The van der Waals surface area contributed by atoms with Crippen molar-refractivity contribution in [1.29, 1.82) is 0 Å². The molecule has 22 heavy (non-hydrogen) atoms. The van der Waals surface area contributed by atoms with E-state index >= 15 is 0 Å². The topological polar surface area (TPSA) is 76.8 Å². The number of benzene rings is 3. The Bertz CT molecular complexity index is 880. The Balaban J connectivity index is 0.00000176. The molecule has 3 aromatic rings. The Labute approximate surface area is 134 Å². The number of hydrogen-bond donors (Lipinski definition) is 2. The van der Waals surface area contributed by atoms with Crippen molar-refractivity contribution in [3.05, 3.63) is 60.2 Å². The Morgan fingerprint density at radius 2 is 1.50 bits per heavy atom. The maximum absolute atomic E-state index is 5.29. The average Bonchev–Trinajstić information content (AvgIpc) is 2.51. The average molecular weight is 313 g/mol. The lowest BCUT2D eigenvalue weighted by Crippen LogP contribution is -2.22. The van der Waals surface area contributed by atoms with Crippen LogP contribution in [0.4, 0.5) is 0 Å². The van der Waals surface area contributed by atoms with Crippen LogP contribution in [-0.2, 0) is 0 Å². The zero-order valence-electron chi connectivity index (χ0n) is 12.2. The Morgan fingerprint density at radius 3 is 2.27 bits per heavy atom. The van der Waals surface area contributed by atoms with Crippen LogP contribution in [0.2, 0.25) is 0 Å². The van der Waals surface area contributed by atoms with E-state index in [1.165, 1.54) is 21.5 Å². The van der Waals surface area contributed by atoms with Gasteiger partial charge in [0.05, 0.1) is 5.71 Å². The highest BCUT2D eigenvalue weighted by atomic mass is 35.5. The van der Waals surface area contributed by atoms with Gasteiger partial charge in [-0.3, -0.25) is 0 Å². The van der Waals surface area contributed by atoms with Gasteiger partial charge in [-0.15, -0.1) is 17.5 Å². The van der Waals surface area contributed by atoms with Crippen molar-refractivity contribution in [2.24, 2.45) is 21.7 Å². The highest BCUT2D eigenvalue weighted by molar-refractivity contribution is 6.10. The second kappa shape index (κ2) is 6.45. The fourth-order valence-electron chi connectivity index (χ4n) is 2.43. The smallest absolute Gasteiger partial charge is 0.211 e. The van der Waals surface area contributed by atoms with Crippen LogP contribution in [0.1, 0.15) is 12.5 Å². The zero-order valence-corrected chi connectivity index (χ0v) is 13.0. The monoisotopic (exact) mass is 312 g/mol. The van der Waals surface area contributed by atoms with Crippen LogP contribution in [-0.4, -0.2) is 11.7 Å². The first kappa shape index (κ1) is 15.8. The summed E-state index contributed by atoms with van der Waals surface area (Å²) in [7, 11) is 0. The highest BCUT2D eigenvalue weighted by Crippen LogP contribution is 2.26. The molecule has 0 aliphatic heterocycles. The molecular formula is C17H17ClN4. The number of fused-ring (bicyclic) bond motifs is 3. The van der Waals surface area contributed by atoms with Crippen LogP contribution in [0.5, 0.6) is 0 Å². The lowest BCUT2D eigenvalue weighted by Gasteiger charge is -2.06. The summed E-state index contributed by atoms with van der Waals surface area (Å²) >= 11 is 0. The van der Waals surface area contributed by atoms with Crippen molar-refractivity contribution in [3.63, 3.8) is 0 Å². The molecule has 0 radical (unpaired) electrons. The molecule has 112 valence electrons. The predicted molar refractivity (Wildman–Crippen MR) is 96.7 cm³/mol. The number of nitrogens with two attached hydrogens (primary N) is 2. The summed E-state index contributed by atoms with van der Waals surface area (Å²) in [4.78, 5) is 0. The second-order valence-electron chi connectivity index (χ2n) is 4.93. The van der Waals surface area contributed by atoms with Gasteiger partial charge in [0.15, 0.2) is 0 Å². The van der Waals surface area contributed by atoms with Crippen molar-refractivity contribution in [3.8, 4) is 0 Å². The largest absolute Gasteiger partial charge is 0.369 e. The summed E-state index contributed by atoms with van der Waals surface area (Å²) in [6, 6.07) is 18.9. The highest BCUT2D eigenvalue weighted by Gasteiger charge is 2.03. The first-order chi connectivity index (χ1) is 10.1. The minimum Gasteiger partial charge on any atom is -0.369 e. The quantitative estimate of drug-likeness (QED) is 0.329. The zero-order chi connectivity index (χ0) is 14.8. The summed E-state index contributed by atoms with van der Waals surface area (Å²) < 4.78 is 0. The van der Waals surface area contributed by atoms with Gasteiger partial charge in [0.2, 0.25) is 5.96 Å². The van der Waals surface area contributed by atoms with Crippen LogP contribution < -0.4 is 11.5 Å². The molecular weight excluding hydrogens is 296 g/mol. The summed E-state index contributed by atoms with van der Waals surface area (Å²) in [6.45, 7) is 1.88. The first-order valence-electron chi connectivity index (χ1n) is 6.70. The van der Waals surface area contributed by atoms with Crippen LogP contribution in [0.15, 0.2) is 64.8 Å². The van der Waals surface area contributed by atoms with Crippen LogP contribution in [0.25, 0.3) is 21.5 Å². The maximum atomic E-state index is 5.29. The van der Waals surface area contributed by atoms with E-state index in [1.807, 2.05) is 13.0 Å². The second-order valence-corrected chi connectivity index (χ2v) is 4.93. The van der Waals surface area contributed by atoms with Crippen molar-refractivity contribution >= 4 is 45.6 Å². The minimum atomic E-state index is -0.0406. The van der Waals surface area contributed by atoms with Crippen LogP contribution in [0.3, 0.4) is 0 Å². The minimum absolute atomic E-state index is 0. The Morgan fingerprint density at radius 1 is 0.818 bits per heavy atom. The van der Waals surface area contributed by atoms with E-state index < -0.39 is 0 Å². The standard InChI is InChI=1S/C17H16N4.ClH/c1-11(20-21-17(18)19)13-8-9-16-14(10-13)7-6-12-4-2-3-5-15(12)16;/h2-10H,1H3,(H4,18,19,21);1H. The van der Waals surface area contributed by atoms with E-state index in [0.29, 0.717) is 0 Å². The third-order valence-electron chi connectivity index (χ3n) is 3.48. The molecule has 5 heteroatoms. The Hall–Kier alpha value is -2.59. The number of hydrogen-bond acceptors (Lipinski definition) is 2. The molecule has 0 saturated carbocycles. The van der Waals surface area contributed by atoms with Gasteiger partial charge in [0.1, 0.15) is 0 Å². The number of guanidine groups is 1. The van der Waals surface area contributed by atoms with Crippen molar-refractivity contribution in [2.75, 3.05) is 0 Å². The lowest BCUT2D eigenvalue weighted by atomic mass is 9.99. The summed E-state index contributed by atoms with van der Waals surface area (Å²) in [6.07, 6.45) is 0. The van der Waals surface area contributed by atoms with Gasteiger partial charge in [-0.05, 0) is 40.1 Å². The third-order valence-corrected chi connectivity index (χ3v) is 3.48. The van der Waals surface area contributed by atoms with E-state index in [1.54, 1.807) is 0 Å². The van der Waals surface area contributed by atoms with Gasteiger partial charge in [-0.1, -0.05) is 48.5 Å². The predicted octanol–water partition coefficient (Wildman–Crippen LogP) is 3.41. The van der Waals surface area contributed by atoms with Crippen LogP contribution in [0, 0.1) is 0 Å². The molecule has 0 aromatic heterocycles. The normalized spacial score (nSPS) is 11.2. The Kier molecular flexibility index (Phi) is 4.63. The van der Waals surface area contributed by atoms with E-state index in [9.17, 15) is 0 Å². The van der Waals surface area contributed by atoms with E-state index in [2.05, 4.69) is 58.7 Å². The van der Waals surface area contributed by atoms with Gasteiger partial charge >= 0.3 is 0 Å². The van der Waals surface area contributed by atoms with Crippen molar-refractivity contribution in [2.45, 2.75) is 6.92 Å². The fourth-order valence-corrected chi connectivity index (χ4v) is 2.43. The molecule has 0 aliphatic rings. The van der Waals surface area contributed by atoms with Crippen molar-refractivity contribution < 1.29 is 0 Å². The molecule has 4 N–H and O–H groups in total. The number of halogens is 1. The number of nitrogens with zero attached hydrogens (tertiary/aromatic N) is 2. The molecule has 3 aromatic carbocycles. The van der Waals surface area contributed by atoms with E-state index in [4.69, 9.17) is 11.5 Å². The van der Waals surface area contributed by atoms with Gasteiger partial charge in [-0.25, -0.2) is 0 Å². The summed E-state index contributed by atoms with van der Waals surface area (Å²) in [5.41, 5.74) is 12.4.